The number of esters is 1. The van der Waals surface area contributed by atoms with Crippen LogP contribution in [0.25, 0.3) is 10.9 Å². The van der Waals surface area contributed by atoms with Gasteiger partial charge in [-0.1, -0.05) is 35.9 Å². The number of anilines is 2. The Hall–Kier alpha value is -2.63. The van der Waals surface area contributed by atoms with Gasteiger partial charge in [0.2, 0.25) is 0 Å². The maximum atomic E-state index is 12.6. The van der Waals surface area contributed by atoms with Gasteiger partial charge in [-0.3, -0.25) is 4.98 Å². The molecule has 1 aliphatic heterocycles. The number of ether oxygens (including phenoxy) is 2. The standard InChI is InChI=1S/C21H19ClN2O3/c22-17-8-3-7-15-19(10-11-23-20(15)17)24-18-9-2-1-6-16(18)21(25)27-13-14-5-4-12-26-14/h1-3,6-11,14H,4-5,12-13H2,(H,23,24). The van der Waals surface area contributed by atoms with Gasteiger partial charge in [-0.2, -0.15) is 0 Å². The fourth-order valence-electron chi connectivity index (χ4n) is 3.19. The number of pyridine rings is 1. The Morgan fingerprint density at radius 1 is 1.19 bits per heavy atom. The molecule has 0 saturated carbocycles. The Morgan fingerprint density at radius 2 is 2.07 bits per heavy atom. The number of carbonyl (C=O) groups excluding carboxylic acids is 1. The number of benzene rings is 2. The van der Waals surface area contributed by atoms with Crippen molar-refractivity contribution in [1.82, 2.24) is 4.98 Å². The normalized spacial score (nSPS) is 16.4. The lowest BCUT2D eigenvalue weighted by Crippen LogP contribution is -2.18. The molecule has 1 N–H and O–H groups in total. The highest BCUT2D eigenvalue weighted by atomic mass is 35.5. The van der Waals surface area contributed by atoms with Crippen LogP contribution in [0.2, 0.25) is 5.02 Å². The van der Waals surface area contributed by atoms with E-state index in [1.165, 1.54) is 0 Å². The van der Waals surface area contributed by atoms with Crippen molar-refractivity contribution in [2.45, 2.75) is 18.9 Å². The van der Waals surface area contributed by atoms with Gasteiger partial charge in [0.1, 0.15) is 6.61 Å². The summed E-state index contributed by atoms with van der Waals surface area (Å²) < 4.78 is 11.0. The Bertz CT molecular complexity index is 971. The predicted octanol–water partition coefficient (Wildman–Crippen LogP) is 4.97. The van der Waals surface area contributed by atoms with Crippen molar-refractivity contribution in [1.29, 1.82) is 0 Å². The predicted molar refractivity (Wildman–Crippen MR) is 106 cm³/mol. The summed E-state index contributed by atoms with van der Waals surface area (Å²) >= 11 is 6.24. The number of nitrogens with one attached hydrogen (secondary N) is 1. The fourth-order valence-corrected chi connectivity index (χ4v) is 3.41. The zero-order valence-electron chi connectivity index (χ0n) is 14.7. The lowest BCUT2D eigenvalue weighted by molar-refractivity contribution is 0.0162. The largest absolute Gasteiger partial charge is 0.459 e. The minimum absolute atomic E-state index is 0.000328. The Balaban J connectivity index is 1.58. The second-order valence-electron chi connectivity index (χ2n) is 6.40. The summed E-state index contributed by atoms with van der Waals surface area (Å²) in [6, 6.07) is 14.7. The number of hydrogen-bond acceptors (Lipinski definition) is 5. The van der Waals surface area contributed by atoms with Crippen LogP contribution in [-0.4, -0.2) is 30.3 Å². The maximum Gasteiger partial charge on any atom is 0.340 e. The topological polar surface area (TPSA) is 60.5 Å². The highest BCUT2D eigenvalue weighted by molar-refractivity contribution is 6.35. The van der Waals surface area contributed by atoms with Crippen molar-refractivity contribution >= 4 is 39.8 Å². The molecule has 0 radical (unpaired) electrons. The molecule has 6 heteroatoms. The third kappa shape index (κ3) is 3.89. The Morgan fingerprint density at radius 3 is 2.93 bits per heavy atom. The fraction of sp³-hybridized carbons (Fsp3) is 0.238. The van der Waals surface area contributed by atoms with Crippen molar-refractivity contribution in [3.8, 4) is 0 Å². The molecule has 5 nitrogen and oxygen atoms in total. The average molecular weight is 383 g/mol. The molecular formula is C21H19ClN2O3. The average Bonchev–Trinajstić information content (AvgIpc) is 3.21. The van der Waals surface area contributed by atoms with Gasteiger partial charge in [0, 0.05) is 23.9 Å². The summed E-state index contributed by atoms with van der Waals surface area (Å²) in [6.07, 6.45) is 3.63. The summed E-state index contributed by atoms with van der Waals surface area (Å²) in [5.41, 5.74) is 2.68. The summed E-state index contributed by atoms with van der Waals surface area (Å²) in [5.74, 6) is -0.370. The van der Waals surface area contributed by atoms with E-state index in [4.69, 9.17) is 21.1 Å². The van der Waals surface area contributed by atoms with E-state index in [9.17, 15) is 4.79 Å². The van der Waals surface area contributed by atoms with Crippen LogP contribution in [0.3, 0.4) is 0 Å². The maximum absolute atomic E-state index is 12.6. The van der Waals surface area contributed by atoms with Crippen LogP contribution < -0.4 is 5.32 Å². The quantitative estimate of drug-likeness (QED) is 0.631. The van der Waals surface area contributed by atoms with Gasteiger partial charge in [-0.15, -0.1) is 0 Å². The number of halogens is 1. The van der Waals surface area contributed by atoms with Gasteiger partial charge >= 0.3 is 5.97 Å². The monoisotopic (exact) mass is 382 g/mol. The van der Waals surface area contributed by atoms with Crippen LogP contribution in [0.1, 0.15) is 23.2 Å². The summed E-state index contributed by atoms with van der Waals surface area (Å²) in [5, 5.41) is 4.79. The third-order valence-electron chi connectivity index (χ3n) is 4.56. The van der Waals surface area contributed by atoms with E-state index in [1.807, 2.05) is 36.4 Å². The van der Waals surface area contributed by atoms with Crippen LogP contribution >= 0.6 is 11.6 Å². The number of aromatic nitrogens is 1. The Kier molecular flexibility index (Phi) is 5.23. The molecule has 0 spiro atoms. The van der Waals surface area contributed by atoms with Crippen LogP contribution in [-0.2, 0) is 9.47 Å². The van der Waals surface area contributed by atoms with E-state index in [1.54, 1.807) is 18.3 Å². The first-order valence-electron chi connectivity index (χ1n) is 8.90. The first kappa shape index (κ1) is 17.8. The molecule has 138 valence electrons. The van der Waals surface area contributed by atoms with Crippen molar-refractivity contribution in [3.63, 3.8) is 0 Å². The molecule has 0 amide bonds. The van der Waals surface area contributed by atoms with Gasteiger partial charge in [0.15, 0.2) is 0 Å². The number of hydrogen-bond donors (Lipinski definition) is 1. The van der Waals surface area contributed by atoms with Gasteiger partial charge in [-0.05, 0) is 37.1 Å². The first-order chi connectivity index (χ1) is 13.2. The van der Waals surface area contributed by atoms with Crippen molar-refractivity contribution < 1.29 is 14.3 Å². The molecule has 27 heavy (non-hydrogen) atoms. The second-order valence-corrected chi connectivity index (χ2v) is 6.81. The molecule has 2 aromatic carbocycles. The summed E-state index contributed by atoms with van der Waals surface area (Å²) in [4.78, 5) is 16.9. The lowest BCUT2D eigenvalue weighted by Gasteiger charge is -2.15. The van der Waals surface area contributed by atoms with Gasteiger partial charge < -0.3 is 14.8 Å². The first-order valence-corrected chi connectivity index (χ1v) is 9.28. The number of para-hydroxylation sites is 2. The van der Waals surface area contributed by atoms with Gasteiger partial charge in [0.25, 0.3) is 0 Å². The molecule has 0 bridgehead atoms. The molecule has 1 aromatic heterocycles. The van der Waals surface area contributed by atoms with Crippen molar-refractivity contribution in [2.75, 3.05) is 18.5 Å². The molecule has 1 atom stereocenters. The van der Waals surface area contributed by atoms with E-state index in [0.717, 1.165) is 30.5 Å². The third-order valence-corrected chi connectivity index (χ3v) is 4.87. The number of rotatable bonds is 5. The molecule has 4 rings (SSSR count). The molecule has 2 heterocycles. The van der Waals surface area contributed by atoms with Crippen molar-refractivity contribution in [3.05, 3.63) is 65.3 Å². The SMILES string of the molecule is O=C(OCC1CCCO1)c1ccccc1Nc1ccnc2c(Cl)cccc12. The van der Waals surface area contributed by atoms with E-state index < -0.39 is 0 Å². The number of carbonyl (C=O) groups is 1. The molecule has 3 aromatic rings. The van der Waals surface area contributed by atoms with Crippen LogP contribution in [0.4, 0.5) is 11.4 Å². The zero-order chi connectivity index (χ0) is 18.6. The second kappa shape index (κ2) is 7.94. The molecular weight excluding hydrogens is 364 g/mol. The molecule has 1 saturated heterocycles. The minimum atomic E-state index is -0.370. The van der Waals surface area contributed by atoms with E-state index in [-0.39, 0.29) is 18.7 Å². The number of fused-ring (bicyclic) bond motifs is 1. The van der Waals surface area contributed by atoms with Crippen molar-refractivity contribution in [2.24, 2.45) is 0 Å². The van der Waals surface area contributed by atoms with Crippen LogP contribution in [0.5, 0.6) is 0 Å². The Labute approximate surface area is 162 Å². The number of nitrogens with zero attached hydrogens (tertiary/aromatic N) is 1. The zero-order valence-corrected chi connectivity index (χ0v) is 15.4. The van der Waals surface area contributed by atoms with Crippen LogP contribution in [0.15, 0.2) is 54.7 Å². The summed E-state index contributed by atoms with van der Waals surface area (Å²) in [6.45, 7) is 1.01. The smallest absolute Gasteiger partial charge is 0.340 e. The highest BCUT2D eigenvalue weighted by Crippen LogP contribution is 2.30. The highest BCUT2D eigenvalue weighted by Gasteiger charge is 2.19. The summed E-state index contributed by atoms with van der Waals surface area (Å²) in [7, 11) is 0. The van der Waals surface area contributed by atoms with Gasteiger partial charge in [0.05, 0.1) is 27.9 Å². The minimum Gasteiger partial charge on any atom is -0.459 e. The van der Waals surface area contributed by atoms with Gasteiger partial charge in [-0.25, -0.2) is 4.79 Å². The van der Waals surface area contributed by atoms with Crippen LogP contribution in [0, 0.1) is 0 Å². The molecule has 1 aliphatic rings. The molecule has 0 aliphatic carbocycles. The van der Waals surface area contributed by atoms with E-state index in [0.29, 0.717) is 21.8 Å². The molecule has 1 fully saturated rings. The lowest BCUT2D eigenvalue weighted by atomic mass is 10.1. The molecule has 1 unspecified atom stereocenters. The van der Waals surface area contributed by atoms with E-state index >= 15 is 0 Å². The van der Waals surface area contributed by atoms with E-state index in [2.05, 4.69) is 10.3 Å².